The molecule has 0 heterocycles. The van der Waals surface area contributed by atoms with Crippen molar-refractivity contribution in [3.63, 3.8) is 0 Å². The number of hydrogen-bond donors (Lipinski definition) is 1. The first-order valence-electron chi connectivity index (χ1n) is 5.09. The van der Waals surface area contributed by atoms with E-state index in [4.69, 9.17) is 5.73 Å². The van der Waals surface area contributed by atoms with Gasteiger partial charge in [0.2, 0.25) is 0 Å². The molecule has 0 aliphatic carbocycles. The molecule has 1 nitrogen and oxygen atoms in total. The first kappa shape index (κ1) is 11.9. The van der Waals surface area contributed by atoms with E-state index in [0.29, 0.717) is 5.70 Å². The van der Waals surface area contributed by atoms with E-state index in [2.05, 4.69) is 18.4 Å². The molecule has 0 aromatic heterocycles. The van der Waals surface area contributed by atoms with Gasteiger partial charge in [-0.15, -0.1) is 0 Å². The lowest BCUT2D eigenvalue weighted by molar-refractivity contribution is 1.39. The number of nitrogens with two attached hydrogens (primary N) is 1. The van der Waals surface area contributed by atoms with Crippen molar-refractivity contribution in [2.75, 3.05) is 0 Å². The van der Waals surface area contributed by atoms with E-state index < -0.39 is 0 Å². The first-order valence-corrected chi connectivity index (χ1v) is 5.09. The third-order valence-corrected chi connectivity index (χ3v) is 1.92. The minimum atomic E-state index is 0.488. The molecule has 0 aliphatic rings. The zero-order chi connectivity index (χ0) is 11.8. The van der Waals surface area contributed by atoms with Gasteiger partial charge in [0.1, 0.15) is 0 Å². The Labute approximate surface area is 97.0 Å². The van der Waals surface area contributed by atoms with Crippen molar-refractivity contribution in [2.24, 2.45) is 5.73 Å². The van der Waals surface area contributed by atoms with Gasteiger partial charge in [-0.3, -0.25) is 0 Å². The van der Waals surface area contributed by atoms with Crippen LogP contribution in [-0.2, 0) is 0 Å². The zero-order valence-electron chi connectivity index (χ0n) is 9.40. The van der Waals surface area contributed by atoms with Crippen molar-refractivity contribution in [1.29, 1.82) is 0 Å². The lowest BCUT2D eigenvalue weighted by Gasteiger charge is -1.95. The zero-order valence-corrected chi connectivity index (χ0v) is 9.40. The highest BCUT2D eigenvalue weighted by atomic mass is 14.6. The summed E-state index contributed by atoms with van der Waals surface area (Å²) in [5, 5.41) is 0. The summed E-state index contributed by atoms with van der Waals surface area (Å²) in [4.78, 5) is 0. The van der Waals surface area contributed by atoms with Crippen molar-refractivity contribution in [1.82, 2.24) is 0 Å². The van der Waals surface area contributed by atoms with Crippen LogP contribution in [0.2, 0.25) is 0 Å². The molecule has 0 spiro atoms. The highest BCUT2D eigenvalue weighted by Crippen LogP contribution is 2.02. The fourth-order valence-corrected chi connectivity index (χ4v) is 1.08. The molecule has 0 aliphatic heterocycles. The number of hydrogen-bond acceptors (Lipinski definition) is 1. The molecule has 1 heteroatoms. The van der Waals surface area contributed by atoms with Crippen LogP contribution in [0, 0.1) is 11.8 Å². The van der Waals surface area contributed by atoms with Gasteiger partial charge in [-0.25, -0.2) is 0 Å². The van der Waals surface area contributed by atoms with E-state index >= 15 is 0 Å². The van der Waals surface area contributed by atoms with Crippen LogP contribution in [0.4, 0.5) is 0 Å². The fraction of sp³-hybridized carbons (Fsp3) is 0.0667. The summed E-state index contributed by atoms with van der Waals surface area (Å²) in [5.41, 5.74) is 7.85. The first-order chi connectivity index (χ1) is 7.74. The third kappa shape index (κ3) is 3.89. The van der Waals surface area contributed by atoms with Crippen molar-refractivity contribution in [2.45, 2.75) is 6.92 Å². The summed E-state index contributed by atoms with van der Waals surface area (Å²) in [6, 6.07) is 9.79. The lowest BCUT2D eigenvalue weighted by atomic mass is 10.1. The second kappa shape index (κ2) is 6.31. The van der Waals surface area contributed by atoms with Crippen LogP contribution in [0.1, 0.15) is 12.5 Å². The standard InChI is InChI=1S/C15H15N/c1-3-4-10-15(13(2)16)12-11-14-8-6-5-7-9-14/h3-10H,2,16H2,1H3/b4-3-,15-10-. The quantitative estimate of drug-likeness (QED) is 0.588. The molecular weight excluding hydrogens is 194 g/mol. The molecule has 0 saturated heterocycles. The van der Waals surface area contributed by atoms with Gasteiger partial charge in [0, 0.05) is 16.8 Å². The number of benzene rings is 1. The van der Waals surface area contributed by atoms with E-state index in [1.54, 1.807) is 0 Å². The SMILES string of the molecule is C=C(N)/C(C#Cc1ccccc1)=C\C=C/C. The molecule has 2 N–H and O–H groups in total. The summed E-state index contributed by atoms with van der Waals surface area (Å²) in [7, 11) is 0. The van der Waals surface area contributed by atoms with Crippen LogP contribution in [0.25, 0.3) is 0 Å². The Bertz CT molecular complexity index is 467. The fourth-order valence-electron chi connectivity index (χ4n) is 1.08. The Kier molecular flexibility index (Phi) is 4.69. The Morgan fingerprint density at radius 3 is 2.56 bits per heavy atom. The highest BCUT2D eigenvalue weighted by Gasteiger charge is 1.91. The molecule has 0 unspecified atom stereocenters. The van der Waals surface area contributed by atoms with Crippen LogP contribution < -0.4 is 5.73 Å². The van der Waals surface area contributed by atoms with Crippen LogP contribution in [-0.4, -0.2) is 0 Å². The van der Waals surface area contributed by atoms with Crippen LogP contribution >= 0.6 is 0 Å². The Morgan fingerprint density at radius 2 is 2.00 bits per heavy atom. The predicted molar refractivity (Wildman–Crippen MR) is 69.5 cm³/mol. The van der Waals surface area contributed by atoms with Gasteiger partial charge in [0.05, 0.1) is 0 Å². The van der Waals surface area contributed by atoms with Gasteiger partial charge < -0.3 is 5.73 Å². The molecule has 1 rings (SSSR count). The number of allylic oxidation sites excluding steroid dienone is 4. The van der Waals surface area contributed by atoms with Crippen LogP contribution in [0.5, 0.6) is 0 Å². The predicted octanol–water partition coefficient (Wildman–Crippen LogP) is 3.01. The average Bonchev–Trinajstić information content (AvgIpc) is 2.30. The smallest absolute Gasteiger partial charge is 0.0472 e. The van der Waals surface area contributed by atoms with E-state index in [-0.39, 0.29) is 0 Å². The van der Waals surface area contributed by atoms with E-state index in [0.717, 1.165) is 11.1 Å². The minimum absolute atomic E-state index is 0.488. The molecule has 1 aromatic carbocycles. The van der Waals surface area contributed by atoms with Gasteiger partial charge in [-0.05, 0) is 25.1 Å². The van der Waals surface area contributed by atoms with Gasteiger partial charge in [0.25, 0.3) is 0 Å². The largest absolute Gasteiger partial charge is 0.398 e. The maximum Gasteiger partial charge on any atom is 0.0472 e. The lowest BCUT2D eigenvalue weighted by Crippen LogP contribution is -1.96. The molecule has 16 heavy (non-hydrogen) atoms. The molecule has 80 valence electrons. The molecular formula is C15H15N. The molecule has 0 amide bonds. The average molecular weight is 209 g/mol. The third-order valence-electron chi connectivity index (χ3n) is 1.92. The molecule has 0 saturated carbocycles. The van der Waals surface area contributed by atoms with Gasteiger partial charge in [-0.1, -0.05) is 48.8 Å². The molecule has 0 bridgehead atoms. The van der Waals surface area contributed by atoms with Crippen LogP contribution in [0.3, 0.4) is 0 Å². The number of rotatable bonds is 2. The van der Waals surface area contributed by atoms with Gasteiger partial charge in [-0.2, -0.15) is 0 Å². The topological polar surface area (TPSA) is 26.0 Å². The second-order valence-corrected chi connectivity index (χ2v) is 3.25. The Hall–Kier alpha value is -2.20. The maximum absolute atomic E-state index is 5.64. The van der Waals surface area contributed by atoms with Crippen molar-refractivity contribution in [3.05, 3.63) is 72.0 Å². The molecule has 0 fully saturated rings. The summed E-state index contributed by atoms with van der Waals surface area (Å²) < 4.78 is 0. The van der Waals surface area contributed by atoms with Crippen molar-refractivity contribution in [3.8, 4) is 11.8 Å². The second-order valence-electron chi connectivity index (χ2n) is 3.25. The summed E-state index contributed by atoms with van der Waals surface area (Å²) >= 11 is 0. The molecule has 0 radical (unpaired) electrons. The summed E-state index contributed by atoms with van der Waals surface area (Å²) in [6.07, 6.45) is 5.68. The minimum Gasteiger partial charge on any atom is -0.398 e. The maximum atomic E-state index is 5.64. The molecule has 1 aromatic rings. The van der Waals surface area contributed by atoms with Gasteiger partial charge >= 0.3 is 0 Å². The van der Waals surface area contributed by atoms with Crippen molar-refractivity contribution >= 4 is 0 Å². The Balaban J connectivity index is 2.93. The highest BCUT2D eigenvalue weighted by molar-refractivity contribution is 5.48. The monoisotopic (exact) mass is 209 g/mol. The summed E-state index contributed by atoms with van der Waals surface area (Å²) in [6.45, 7) is 5.64. The van der Waals surface area contributed by atoms with E-state index in [9.17, 15) is 0 Å². The Morgan fingerprint density at radius 1 is 1.31 bits per heavy atom. The molecule has 0 atom stereocenters. The van der Waals surface area contributed by atoms with E-state index in [1.165, 1.54) is 0 Å². The summed E-state index contributed by atoms with van der Waals surface area (Å²) in [5.74, 6) is 6.05. The van der Waals surface area contributed by atoms with E-state index in [1.807, 2.05) is 55.5 Å². The van der Waals surface area contributed by atoms with Gasteiger partial charge in [0.15, 0.2) is 0 Å². The normalized spacial score (nSPS) is 10.9. The van der Waals surface area contributed by atoms with Crippen LogP contribution in [0.15, 0.2) is 66.4 Å². The van der Waals surface area contributed by atoms with Crippen molar-refractivity contribution < 1.29 is 0 Å².